The molecule has 10 aliphatic rings. The molecule has 0 bridgehead atoms. The summed E-state index contributed by atoms with van der Waals surface area (Å²) in [6, 6.07) is 44.3. The third-order valence-corrected chi connectivity index (χ3v) is 23.0. The molecule has 14 rings (SSSR count). The number of hydrogen-bond donors (Lipinski definition) is 0. The second-order valence-corrected chi connectivity index (χ2v) is 25.3. The number of fused-ring (bicyclic) bond motifs is 10. The van der Waals surface area contributed by atoms with Crippen LogP contribution in [0.15, 0.2) is 140 Å². The van der Waals surface area contributed by atoms with E-state index in [4.69, 9.17) is 0 Å². The lowest BCUT2D eigenvalue weighted by atomic mass is 9.42. The maximum atomic E-state index is 2.81. The molecule has 22 atom stereocenters. The van der Waals surface area contributed by atoms with E-state index in [0.29, 0.717) is 23.7 Å². The average Bonchev–Trinajstić information content (AvgIpc) is 3.87. The number of allylic oxidation sites excluding steroid dienone is 6. The summed E-state index contributed by atoms with van der Waals surface area (Å²) in [5, 5.41) is 0. The van der Waals surface area contributed by atoms with Crippen LogP contribution in [0.1, 0.15) is 135 Å². The van der Waals surface area contributed by atoms with Gasteiger partial charge >= 0.3 is 0 Å². The van der Waals surface area contributed by atoms with Crippen molar-refractivity contribution in [1.82, 2.24) is 0 Å². The Balaban J connectivity index is 0.961. The van der Waals surface area contributed by atoms with E-state index in [-0.39, 0.29) is 0 Å². The van der Waals surface area contributed by atoms with Crippen molar-refractivity contribution in [3.8, 4) is 0 Å². The molecular weight excluding hydrogens is 805 g/mol. The van der Waals surface area contributed by atoms with E-state index in [1.807, 2.05) is 0 Å². The van der Waals surface area contributed by atoms with Gasteiger partial charge in [0.05, 0.1) is 0 Å². The molecule has 22 unspecified atom stereocenters. The highest BCUT2D eigenvalue weighted by Crippen LogP contribution is 2.79. The standard InChI is InChI=1S/C67H78/c1-39-35-52-60-53(36-39)65-55(38-56(60)63-49(43-23-10-5-11-24-43)32-31-48(62(52)63)42-21-8-4-9-22-42)58(44-25-12-6-13-26-44)66-51-34-33-50(57-40(2)19-18-20-41(57)3)61-47-30-17-16-29-46(47)37-54(64(51)61)67(66)59(65)45-27-14-7-15-28-45/h4-15,18-23,25-28,31,39,43,46-47,49-56,58-67H,16-17,24,29-30,32-38H2,1-3H3. The van der Waals surface area contributed by atoms with Crippen molar-refractivity contribution in [2.75, 3.05) is 0 Å². The SMILES string of the molecule is Cc1cccc(C)c1C1CCC2C3C(CC4CCCCC4C13)C1C(c3ccccc3)C3C(CC4C5C(CC(C)CC53)C3C(c5ccccc5)=CCC(C5C=CC=CC5)C43)C(c3ccccc3)C21. The van der Waals surface area contributed by atoms with Crippen LogP contribution in [0.2, 0.25) is 0 Å². The van der Waals surface area contributed by atoms with Crippen molar-refractivity contribution in [3.63, 3.8) is 0 Å². The minimum Gasteiger partial charge on any atom is -0.0840 e. The summed E-state index contributed by atoms with van der Waals surface area (Å²) in [7, 11) is 0. The molecule has 0 N–H and O–H groups in total. The number of benzene rings is 4. The Morgan fingerprint density at radius 3 is 1.82 bits per heavy atom. The van der Waals surface area contributed by atoms with Crippen molar-refractivity contribution in [2.45, 2.75) is 116 Å². The number of rotatable bonds is 5. The van der Waals surface area contributed by atoms with E-state index in [1.54, 1.807) is 33.4 Å². The minimum absolute atomic E-state index is 0.669. The lowest BCUT2D eigenvalue weighted by molar-refractivity contribution is -0.0967. The predicted octanol–water partition coefficient (Wildman–Crippen LogP) is 16.7. The molecule has 0 heterocycles. The Morgan fingerprint density at radius 1 is 0.433 bits per heavy atom. The molecule has 0 spiro atoms. The molecule has 0 saturated heterocycles. The van der Waals surface area contributed by atoms with Gasteiger partial charge in [-0.1, -0.05) is 166 Å². The first-order valence-corrected chi connectivity index (χ1v) is 28.3. The normalized spacial score (nSPS) is 45.4. The topological polar surface area (TPSA) is 0 Å². The van der Waals surface area contributed by atoms with Crippen molar-refractivity contribution >= 4 is 5.57 Å². The molecule has 8 fully saturated rings. The van der Waals surface area contributed by atoms with Crippen LogP contribution in [-0.4, -0.2) is 0 Å². The third kappa shape index (κ3) is 6.41. The summed E-state index contributed by atoms with van der Waals surface area (Å²) in [6.07, 6.45) is 29.9. The molecular formula is C67H78. The molecule has 0 nitrogen and oxygen atoms in total. The van der Waals surface area contributed by atoms with Crippen molar-refractivity contribution in [2.24, 2.45) is 112 Å². The van der Waals surface area contributed by atoms with E-state index in [2.05, 4.69) is 160 Å². The number of hydrogen-bond acceptors (Lipinski definition) is 0. The molecule has 346 valence electrons. The molecule has 10 aliphatic carbocycles. The van der Waals surface area contributed by atoms with Gasteiger partial charge in [-0.15, -0.1) is 0 Å². The Bertz CT molecular complexity index is 2510. The molecule has 0 radical (unpaired) electrons. The highest BCUT2D eigenvalue weighted by molar-refractivity contribution is 5.69. The van der Waals surface area contributed by atoms with Gasteiger partial charge < -0.3 is 0 Å². The van der Waals surface area contributed by atoms with Crippen LogP contribution in [0.4, 0.5) is 0 Å². The number of aryl methyl sites for hydroxylation is 2. The van der Waals surface area contributed by atoms with E-state index >= 15 is 0 Å². The monoisotopic (exact) mass is 883 g/mol. The Kier molecular flexibility index (Phi) is 10.4. The molecule has 0 amide bonds. The summed E-state index contributed by atoms with van der Waals surface area (Å²) in [5.74, 6) is 17.4. The fourth-order valence-corrected chi connectivity index (χ4v) is 21.9. The molecule has 0 aliphatic heterocycles. The highest BCUT2D eigenvalue weighted by atomic mass is 14.8. The zero-order valence-corrected chi connectivity index (χ0v) is 41.0. The average molecular weight is 883 g/mol. The van der Waals surface area contributed by atoms with Gasteiger partial charge in [0.15, 0.2) is 0 Å². The Hall–Kier alpha value is -3.90. The summed E-state index contributed by atoms with van der Waals surface area (Å²) in [6.45, 7) is 7.66. The second kappa shape index (κ2) is 16.6. The Labute approximate surface area is 404 Å². The van der Waals surface area contributed by atoms with E-state index in [0.717, 1.165) is 107 Å². The first-order valence-electron chi connectivity index (χ1n) is 28.3. The molecule has 4 aromatic carbocycles. The van der Waals surface area contributed by atoms with Gasteiger partial charge in [0.2, 0.25) is 0 Å². The molecule has 67 heavy (non-hydrogen) atoms. The van der Waals surface area contributed by atoms with Crippen molar-refractivity contribution < 1.29 is 0 Å². The summed E-state index contributed by atoms with van der Waals surface area (Å²) < 4.78 is 0. The fraction of sp³-hybridized carbons (Fsp3) is 0.552. The van der Waals surface area contributed by atoms with Crippen molar-refractivity contribution in [3.05, 3.63) is 173 Å². The van der Waals surface area contributed by atoms with Gasteiger partial charge in [-0.3, -0.25) is 0 Å². The zero-order valence-electron chi connectivity index (χ0n) is 41.0. The van der Waals surface area contributed by atoms with Gasteiger partial charge in [-0.2, -0.15) is 0 Å². The lowest BCUT2D eigenvalue weighted by Gasteiger charge is -2.62. The molecule has 4 aromatic rings. The second-order valence-electron chi connectivity index (χ2n) is 25.3. The van der Waals surface area contributed by atoms with E-state index in [9.17, 15) is 0 Å². The van der Waals surface area contributed by atoms with Gasteiger partial charge in [-0.25, -0.2) is 0 Å². The Morgan fingerprint density at radius 2 is 1.07 bits per heavy atom. The van der Waals surface area contributed by atoms with Crippen LogP contribution in [0, 0.1) is 126 Å². The van der Waals surface area contributed by atoms with E-state index in [1.165, 1.54) is 82.6 Å². The van der Waals surface area contributed by atoms with E-state index < -0.39 is 0 Å². The van der Waals surface area contributed by atoms with Gasteiger partial charge in [0.1, 0.15) is 0 Å². The molecule has 0 aromatic heterocycles. The van der Waals surface area contributed by atoms with Crippen LogP contribution in [0.3, 0.4) is 0 Å². The first kappa shape index (κ1) is 42.0. The maximum Gasteiger partial charge on any atom is -0.00938 e. The smallest absolute Gasteiger partial charge is 0.00938 e. The van der Waals surface area contributed by atoms with Crippen LogP contribution in [0.5, 0.6) is 0 Å². The lowest BCUT2D eigenvalue weighted by Crippen LogP contribution is -2.55. The summed E-state index contributed by atoms with van der Waals surface area (Å²) in [4.78, 5) is 0. The molecule has 0 heteroatoms. The zero-order chi connectivity index (χ0) is 44.5. The van der Waals surface area contributed by atoms with Crippen LogP contribution in [0.25, 0.3) is 5.57 Å². The highest BCUT2D eigenvalue weighted by Gasteiger charge is 2.71. The largest absolute Gasteiger partial charge is 0.0840 e. The summed E-state index contributed by atoms with van der Waals surface area (Å²) in [5.41, 5.74) is 11.7. The fourth-order valence-electron chi connectivity index (χ4n) is 21.9. The van der Waals surface area contributed by atoms with Crippen LogP contribution < -0.4 is 0 Å². The summed E-state index contributed by atoms with van der Waals surface area (Å²) >= 11 is 0. The van der Waals surface area contributed by atoms with Gasteiger partial charge in [0, 0.05) is 0 Å². The van der Waals surface area contributed by atoms with Crippen molar-refractivity contribution in [1.29, 1.82) is 0 Å². The van der Waals surface area contributed by atoms with Gasteiger partial charge in [-0.05, 0) is 241 Å². The maximum absolute atomic E-state index is 2.81. The third-order valence-electron chi connectivity index (χ3n) is 23.0. The predicted molar refractivity (Wildman–Crippen MR) is 277 cm³/mol. The first-order chi connectivity index (χ1) is 33.0. The molecule has 8 saturated carbocycles. The van der Waals surface area contributed by atoms with Crippen LogP contribution in [-0.2, 0) is 0 Å². The van der Waals surface area contributed by atoms with Gasteiger partial charge in [0.25, 0.3) is 0 Å². The van der Waals surface area contributed by atoms with Crippen LogP contribution >= 0.6 is 0 Å². The minimum atomic E-state index is 0.669. The quantitative estimate of drug-likeness (QED) is 0.187.